The molecule has 0 saturated carbocycles. The van der Waals surface area contributed by atoms with Crippen molar-refractivity contribution >= 4 is 17.7 Å². The van der Waals surface area contributed by atoms with Gasteiger partial charge in [-0.05, 0) is 50.7 Å². The van der Waals surface area contributed by atoms with Gasteiger partial charge in [0, 0.05) is 6.42 Å². The first-order valence-electron chi connectivity index (χ1n) is 9.14. The average Bonchev–Trinajstić information content (AvgIpc) is 2.67. The molecule has 0 aromatic heterocycles. The maximum atomic E-state index is 12.5. The van der Waals surface area contributed by atoms with Crippen molar-refractivity contribution in [1.29, 1.82) is 0 Å². The topological polar surface area (TPSA) is 69.7 Å². The molecule has 2 rings (SSSR count). The summed E-state index contributed by atoms with van der Waals surface area (Å²) in [7, 11) is 0. The Morgan fingerprint density at radius 1 is 1.00 bits per heavy atom. The molecule has 5 heteroatoms. The first-order valence-corrected chi connectivity index (χ1v) is 9.14. The van der Waals surface area contributed by atoms with Gasteiger partial charge in [0.1, 0.15) is 0 Å². The third kappa shape index (κ3) is 4.59. The number of benzene rings is 1. The highest BCUT2D eigenvalue weighted by atomic mass is 16.6. The van der Waals surface area contributed by atoms with Crippen molar-refractivity contribution in [3.63, 3.8) is 0 Å². The lowest BCUT2D eigenvalue weighted by Gasteiger charge is -2.31. The Hall–Kier alpha value is -2.43. The van der Waals surface area contributed by atoms with Crippen molar-refractivity contribution in [2.24, 2.45) is 5.41 Å². The SMILES string of the molecule is CCOC(=O)C1(C(=O)OCC)CC=C(C(=O)CCc2ccccc2)CC1. The molecule has 0 N–H and O–H groups in total. The van der Waals surface area contributed by atoms with E-state index in [4.69, 9.17) is 9.47 Å². The van der Waals surface area contributed by atoms with E-state index in [2.05, 4.69) is 0 Å². The highest BCUT2D eigenvalue weighted by Crippen LogP contribution is 2.38. The number of Topliss-reactive ketones (excluding diaryl/α,β-unsaturated/α-hetero) is 1. The first kappa shape index (κ1) is 19.9. The van der Waals surface area contributed by atoms with Crippen molar-refractivity contribution < 1.29 is 23.9 Å². The Bertz CT molecular complexity index is 657. The van der Waals surface area contributed by atoms with Crippen LogP contribution in [0.25, 0.3) is 0 Å². The Balaban J connectivity index is 2.05. The second-order valence-electron chi connectivity index (χ2n) is 6.37. The fourth-order valence-electron chi connectivity index (χ4n) is 3.16. The summed E-state index contributed by atoms with van der Waals surface area (Å²) in [5.41, 5.74) is 0.477. The van der Waals surface area contributed by atoms with E-state index in [1.165, 1.54) is 0 Å². The Kier molecular flexibility index (Phi) is 7.13. The summed E-state index contributed by atoms with van der Waals surface area (Å²) in [5, 5.41) is 0. The number of ketones is 1. The molecule has 0 saturated heterocycles. The second kappa shape index (κ2) is 9.32. The lowest BCUT2D eigenvalue weighted by atomic mass is 9.74. The maximum Gasteiger partial charge on any atom is 0.323 e. The summed E-state index contributed by atoms with van der Waals surface area (Å²) in [6, 6.07) is 9.84. The number of ether oxygens (including phenoxy) is 2. The molecule has 0 unspecified atom stereocenters. The van der Waals surface area contributed by atoms with Gasteiger partial charge in [0.05, 0.1) is 13.2 Å². The number of carbonyl (C=O) groups is 3. The smallest absolute Gasteiger partial charge is 0.323 e. The van der Waals surface area contributed by atoms with Crippen LogP contribution < -0.4 is 0 Å². The number of rotatable bonds is 8. The van der Waals surface area contributed by atoms with Crippen LogP contribution in [0.2, 0.25) is 0 Å². The molecule has 140 valence electrons. The zero-order valence-electron chi connectivity index (χ0n) is 15.5. The molecule has 0 heterocycles. The summed E-state index contributed by atoms with van der Waals surface area (Å²) in [5.74, 6) is -1.06. The van der Waals surface area contributed by atoms with Gasteiger partial charge >= 0.3 is 11.9 Å². The van der Waals surface area contributed by atoms with Gasteiger partial charge in [0.2, 0.25) is 0 Å². The van der Waals surface area contributed by atoms with Crippen LogP contribution in [0.1, 0.15) is 45.1 Å². The van der Waals surface area contributed by atoms with Crippen molar-refractivity contribution in [3.05, 3.63) is 47.5 Å². The van der Waals surface area contributed by atoms with Crippen LogP contribution in [0.3, 0.4) is 0 Å². The molecule has 1 aliphatic carbocycles. The first-order chi connectivity index (χ1) is 12.5. The predicted octanol–water partition coefficient (Wildman–Crippen LogP) is 3.41. The molecule has 1 aromatic rings. The average molecular weight is 358 g/mol. The summed E-state index contributed by atoms with van der Waals surface area (Å²) >= 11 is 0. The molecule has 1 aromatic carbocycles. The lowest BCUT2D eigenvalue weighted by Crippen LogP contribution is -2.43. The zero-order valence-corrected chi connectivity index (χ0v) is 15.5. The van der Waals surface area contributed by atoms with Crippen molar-refractivity contribution in [2.45, 2.75) is 46.0 Å². The van der Waals surface area contributed by atoms with Gasteiger partial charge in [-0.3, -0.25) is 14.4 Å². The number of aryl methyl sites for hydroxylation is 1. The van der Waals surface area contributed by atoms with Crippen LogP contribution in [0.15, 0.2) is 42.0 Å². The molecule has 0 spiro atoms. The van der Waals surface area contributed by atoms with Gasteiger partial charge < -0.3 is 9.47 Å². The zero-order chi connectivity index (χ0) is 19.0. The monoisotopic (exact) mass is 358 g/mol. The van der Waals surface area contributed by atoms with E-state index in [1.54, 1.807) is 19.9 Å². The Morgan fingerprint density at radius 2 is 1.62 bits per heavy atom. The van der Waals surface area contributed by atoms with Crippen LogP contribution in [0.4, 0.5) is 0 Å². The van der Waals surface area contributed by atoms with Crippen molar-refractivity contribution in [2.75, 3.05) is 13.2 Å². The number of allylic oxidation sites excluding steroid dienone is 2. The Morgan fingerprint density at radius 3 is 2.12 bits per heavy atom. The Labute approximate surface area is 154 Å². The molecular weight excluding hydrogens is 332 g/mol. The molecule has 0 fully saturated rings. The van der Waals surface area contributed by atoms with Crippen LogP contribution in [0.5, 0.6) is 0 Å². The standard InChI is InChI=1S/C21H26O5/c1-3-25-19(23)21(20(24)26-4-2)14-12-17(13-15-21)18(22)11-10-16-8-6-5-7-9-16/h5-9,12H,3-4,10-11,13-15H2,1-2H3. The van der Waals surface area contributed by atoms with E-state index in [0.717, 1.165) is 5.56 Å². The fraction of sp³-hybridized carbons (Fsp3) is 0.476. The molecule has 0 aliphatic heterocycles. The van der Waals surface area contributed by atoms with Crippen LogP contribution in [0, 0.1) is 5.41 Å². The number of carbonyl (C=O) groups excluding carboxylic acids is 3. The molecular formula is C21H26O5. The number of esters is 2. The van der Waals surface area contributed by atoms with Gasteiger partial charge in [0.25, 0.3) is 0 Å². The number of hydrogen-bond acceptors (Lipinski definition) is 5. The van der Waals surface area contributed by atoms with Gasteiger partial charge in [0.15, 0.2) is 11.2 Å². The molecule has 1 aliphatic rings. The predicted molar refractivity (Wildman–Crippen MR) is 97.4 cm³/mol. The van der Waals surface area contributed by atoms with Gasteiger partial charge in [-0.25, -0.2) is 0 Å². The van der Waals surface area contributed by atoms with E-state index in [9.17, 15) is 14.4 Å². The normalized spacial score (nSPS) is 15.7. The van der Waals surface area contributed by atoms with E-state index in [0.29, 0.717) is 24.8 Å². The number of hydrogen-bond donors (Lipinski definition) is 0. The minimum absolute atomic E-state index is 0.0650. The molecule has 0 atom stereocenters. The highest BCUT2D eigenvalue weighted by molar-refractivity contribution is 6.02. The third-order valence-corrected chi connectivity index (χ3v) is 4.69. The van der Waals surface area contributed by atoms with Gasteiger partial charge in [-0.2, -0.15) is 0 Å². The van der Waals surface area contributed by atoms with Crippen LogP contribution >= 0.6 is 0 Å². The van der Waals surface area contributed by atoms with E-state index < -0.39 is 17.4 Å². The summed E-state index contributed by atoms with van der Waals surface area (Å²) in [6.07, 6.45) is 3.58. The van der Waals surface area contributed by atoms with Gasteiger partial charge in [-0.1, -0.05) is 36.4 Å². The molecule has 5 nitrogen and oxygen atoms in total. The molecule has 0 amide bonds. The molecule has 0 bridgehead atoms. The van der Waals surface area contributed by atoms with Crippen LogP contribution in [-0.2, 0) is 30.3 Å². The largest absolute Gasteiger partial charge is 0.465 e. The van der Waals surface area contributed by atoms with Crippen molar-refractivity contribution in [1.82, 2.24) is 0 Å². The lowest BCUT2D eigenvalue weighted by molar-refractivity contribution is -0.173. The highest BCUT2D eigenvalue weighted by Gasteiger charge is 2.49. The quantitative estimate of drug-likeness (QED) is 0.526. The molecule has 0 radical (unpaired) electrons. The van der Waals surface area contributed by atoms with Crippen molar-refractivity contribution in [3.8, 4) is 0 Å². The maximum absolute atomic E-state index is 12.5. The third-order valence-electron chi connectivity index (χ3n) is 4.69. The van der Waals surface area contributed by atoms with Crippen LogP contribution in [-0.4, -0.2) is 30.9 Å². The fourth-order valence-corrected chi connectivity index (χ4v) is 3.16. The minimum atomic E-state index is -1.32. The summed E-state index contributed by atoms with van der Waals surface area (Å²) < 4.78 is 10.2. The van der Waals surface area contributed by atoms with E-state index >= 15 is 0 Å². The summed E-state index contributed by atoms with van der Waals surface area (Å²) in [6.45, 7) is 3.81. The second-order valence-corrected chi connectivity index (χ2v) is 6.37. The van der Waals surface area contributed by atoms with E-state index in [1.807, 2.05) is 30.3 Å². The molecule has 26 heavy (non-hydrogen) atoms. The van der Waals surface area contributed by atoms with E-state index in [-0.39, 0.29) is 31.8 Å². The summed E-state index contributed by atoms with van der Waals surface area (Å²) in [4.78, 5) is 37.2. The minimum Gasteiger partial charge on any atom is -0.465 e. The van der Waals surface area contributed by atoms with Gasteiger partial charge in [-0.15, -0.1) is 0 Å².